The largest absolute Gasteiger partial charge is 0.491 e. The van der Waals surface area contributed by atoms with E-state index >= 15 is 0 Å². The van der Waals surface area contributed by atoms with E-state index in [4.69, 9.17) is 16.3 Å². The molecule has 3 aromatic rings. The van der Waals surface area contributed by atoms with Gasteiger partial charge in [-0.3, -0.25) is 4.79 Å². The summed E-state index contributed by atoms with van der Waals surface area (Å²) in [6.07, 6.45) is 0.245. The van der Waals surface area contributed by atoms with Crippen LogP contribution in [-0.4, -0.2) is 12.5 Å². The van der Waals surface area contributed by atoms with Crippen LogP contribution in [0.4, 0.5) is 17.1 Å². The van der Waals surface area contributed by atoms with Gasteiger partial charge in [0.05, 0.1) is 18.1 Å². The average molecular weight is 367 g/mol. The highest BCUT2D eigenvalue weighted by molar-refractivity contribution is 6.32. The van der Waals surface area contributed by atoms with Crippen LogP contribution in [0.3, 0.4) is 0 Å². The van der Waals surface area contributed by atoms with Crippen molar-refractivity contribution in [2.75, 3.05) is 17.2 Å². The first-order valence-corrected chi connectivity index (χ1v) is 8.68. The smallest absolute Gasteiger partial charge is 0.227 e. The minimum absolute atomic E-state index is 0.110. The monoisotopic (exact) mass is 366 g/mol. The molecule has 0 spiro atoms. The van der Waals surface area contributed by atoms with Crippen molar-refractivity contribution in [3.05, 3.63) is 83.9 Å². The first-order chi connectivity index (χ1) is 12.7. The lowest BCUT2D eigenvalue weighted by atomic mass is 10.2. The van der Waals surface area contributed by atoms with Gasteiger partial charge in [0.1, 0.15) is 5.75 Å². The number of nitrogens with one attached hydrogen (secondary N) is 2. The zero-order valence-corrected chi connectivity index (χ0v) is 14.9. The molecule has 0 aliphatic rings. The van der Waals surface area contributed by atoms with Crippen LogP contribution in [-0.2, 0) is 4.79 Å². The standard InChI is InChI=1S/C21H19ClN2O2/c22-19-8-4-5-9-20(19)26-15-14-21(25)24-18-12-10-17(11-13-18)23-16-6-2-1-3-7-16/h1-13,23H,14-15H2,(H,24,25). The fourth-order valence-corrected chi connectivity index (χ4v) is 2.55. The van der Waals surface area contributed by atoms with Crippen molar-refractivity contribution in [3.63, 3.8) is 0 Å². The highest BCUT2D eigenvalue weighted by Crippen LogP contribution is 2.23. The molecule has 1 amide bonds. The van der Waals surface area contributed by atoms with Gasteiger partial charge in [-0.2, -0.15) is 0 Å². The molecule has 132 valence electrons. The third kappa shape index (κ3) is 5.26. The number of anilines is 3. The molecular weight excluding hydrogens is 348 g/mol. The van der Waals surface area contributed by atoms with Crippen molar-refractivity contribution < 1.29 is 9.53 Å². The van der Waals surface area contributed by atoms with E-state index in [1.807, 2.05) is 66.7 Å². The fraction of sp³-hybridized carbons (Fsp3) is 0.0952. The number of benzene rings is 3. The topological polar surface area (TPSA) is 50.4 Å². The van der Waals surface area contributed by atoms with Crippen LogP contribution in [0, 0.1) is 0 Å². The molecule has 0 aromatic heterocycles. The van der Waals surface area contributed by atoms with Crippen LogP contribution >= 0.6 is 11.6 Å². The first kappa shape index (κ1) is 17.8. The number of carbonyl (C=O) groups excluding carboxylic acids is 1. The summed E-state index contributed by atoms with van der Waals surface area (Å²) >= 11 is 6.01. The third-order valence-electron chi connectivity index (χ3n) is 3.65. The van der Waals surface area contributed by atoms with Crippen molar-refractivity contribution in [1.29, 1.82) is 0 Å². The summed E-state index contributed by atoms with van der Waals surface area (Å²) in [7, 11) is 0. The molecule has 0 saturated carbocycles. The zero-order chi connectivity index (χ0) is 18.2. The second kappa shape index (κ2) is 8.92. The molecule has 4 nitrogen and oxygen atoms in total. The highest BCUT2D eigenvalue weighted by atomic mass is 35.5. The quantitative estimate of drug-likeness (QED) is 0.581. The molecule has 2 N–H and O–H groups in total. The normalized spacial score (nSPS) is 10.2. The van der Waals surface area contributed by atoms with Crippen LogP contribution in [0.15, 0.2) is 78.9 Å². The second-order valence-corrected chi connectivity index (χ2v) is 6.05. The van der Waals surface area contributed by atoms with E-state index in [-0.39, 0.29) is 18.9 Å². The van der Waals surface area contributed by atoms with Crippen LogP contribution in [0.5, 0.6) is 5.75 Å². The molecule has 0 aliphatic heterocycles. The lowest BCUT2D eigenvalue weighted by Crippen LogP contribution is -2.15. The molecule has 3 rings (SSSR count). The number of halogens is 1. The number of amides is 1. The van der Waals surface area contributed by atoms with Crippen molar-refractivity contribution in [2.45, 2.75) is 6.42 Å². The Morgan fingerprint density at radius 1 is 0.808 bits per heavy atom. The number of hydrogen-bond acceptors (Lipinski definition) is 3. The van der Waals surface area contributed by atoms with Crippen molar-refractivity contribution >= 4 is 34.6 Å². The lowest BCUT2D eigenvalue weighted by Gasteiger charge is -2.10. The van der Waals surface area contributed by atoms with E-state index in [0.717, 1.165) is 17.1 Å². The Morgan fingerprint density at radius 3 is 2.15 bits per heavy atom. The lowest BCUT2D eigenvalue weighted by molar-refractivity contribution is -0.116. The number of ether oxygens (including phenoxy) is 1. The molecule has 26 heavy (non-hydrogen) atoms. The van der Waals surface area contributed by atoms with Crippen LogP contribution in [0.2, 0.25) is 5.02 Å². The average Bonchev–Trinajstić information content (AvgIpc) is 2.66. The zero-order valence-electron chi connectivity index (χ0n) is 14.1. The van der Waals surface area contributed by atoms with E-state index in [9.17, 15) is 4.79 Å². The Labute approximate surface area is 157 Å². The summed E-state index contributed by atoms with van der Waals surface area (Å²) in [5.41, 5.74) is 2.71. The summed E-state index contributed by atoms with van der Waals surface area (Å²) in [5.74, 6) is 0.471. The van der Waals surface area contributed by atoms with Crippen molar-refractivity contribution in [2.24, 2.45) is 0 Å². The predicted molar refractivity (Wildman–Crippen MR) is 106 cm³/mol. The number of para-hydroxylation sites is 2. The first-order valence-electron chi connectivity index (χ1n) is 8.30. The van der Waals surface area contributed by atoms with E-state index in [1.165, 1.54) is 0 Å². The van der Waals surface area contributed by atoms with E-state index in [2.05, 4.69) is 10.6 Å². The number of hydrogen-bond donors (Lipinski definition) is 2. The van der Waals surface area contributed by atoms with Gasteiger partial charge in [-0.05, 0) is 48.5 Å². The minimum Gasteiger partial charge on any atom is -0.491 e. The van der Waals surface area contributed by atoms with Crippen LogP contribution in [0.1, 0.15) is 6.42 Å². The molecule has 0 fully saturated rings. The Kier molecular flexibility index (Phi) is 6.12. The molecular formula is C21H19ClN2O2. The van der Waals surface area contributed by atoms with Gasteiger partial charge in [0.25, 0.3) is 0 Å². The van der Waals surface area contributed by atoms with Gasteiger partial charge in [0.2, 0.25) is 5.91 Å². The molecule has 3 aromatic carbocycles. The molecule has 5 heteroatoms. The van der Waals surface area contributed by atoms with E-state index in [0.29, 0.717) is 10.8 Å². The summed E-state index contributed by atoms with van der Waals surface area (Å²) in [4.78, 5) is 12.0. The second-order valence-electron chi connectivity index (χ2n) is 5.65. The summed E-state index contributed by atoms with van der Waals surface area (Å²) in [6, 6.07) is 24.7. The Bertz CT molecular complexity index is 851. The van der Waals surface area contributed by atoms with Crippen LogP contribution in [0.25, 0.3) is 0 Å². The maximum Gasteiger partial charge on any atom is 0.227 e. The summed E-state index contributed by atoms with van der Waals surface area (Å²) in [5, 5.41) is 6.69. The van der Waals surface area contributed by atoms with Gasteiger partial charge in [-0.15, -0.1) is 0 Å². The van der Waals surface area contributed by atoms with E-state index in [1.54, 1.807) is 12.1 Å². The maximum atomic E-state index is 12.0. The predicted octanol–water partition coefficient (Wildman–Crippen LogP) is 5.49. The fourth-order valence-electron chi connectivity index (χ4n) is 2.36. The Balaban J connectivity index is 1.46. The van der Waals surface area contributed by atoms with E-state index < -0.39 is 0 Å². The molecule has 0 bridgehead atoms. The summed E-state index contributed by atoms with van der Waals surface area (Å²) < 4.78 is 5.53. The Hall–Kier alpha value is -2.98. The SMILES string of the molecule is O=C(CCOc1ccccc1Cl)Nc1ccc(Nc2ccccc2)cc1. The van der Waals surface area contributed by atoms with Gasteiger partial charge >= 0.3 is 0 Å². The van der Waals surface area contributed by atoms with Gasteiger partial charge in [-0.1, -0.05) is 41.9 Å². The molecule has 0 atom stereocenters. The maximum absolute atomic E-state index is 12.0. The van der Waals surface area contributed by atoms with Gasteiger partial charge < -0.3 is 15.4 Å². The highest BCUT2D eigenvalue weighted by Gasteiger charge is 2.05. The van der Waals surface area contributed by atoms with Crippen LogP contribution < -0.4 is 15.4 Å². The Morgan fingerprint density at radius 2 is 1.42 bits per heavy atom. The number of rotatable bonds is 7. The number of carbonyl (C=O) groups is 1. The van der Waals surface area contributed by atoms with Gasteiger partial charge in [0.15, 0.2) is 0 Å². The molecule has 0 unspecified atom stereocenters. The molecule has 0 radical (unpaired) electrons. The molecule has 0 heterocycles. The third-order valence-corrected chi connectivity index (χ3v) is 3.97. The molecule has 0 aliphatic carbocycles. The minimum atomic E-state index is -0.110. The van der Waals surface area contributed by atoms with Crippen molar-refractivity contribution in [3.8, 4) is 5.75 Å². The van der Waals surface area contributed by atoms with Gasteiger partial charge in [-0.25, -0.2) is 0 Å². The van der Waals surface area contributed by atoms with Crippen molar-refractivity contribution in [1.82, 2.24) is 0 Å². The van der Waals surface area contributed by atoms with Gasteiger partial charge in [0, 0.05) is 17.1 Å². The molecule has 0 saturated heterocycles. The summed E-state index contributed by atoms with van der Waals surface area (Å²) in [6.45, 7) is 0.267.